The van der Waals surface area contributed by atoms with E-state index in [0.717, 1.165) is 28.4 Å². The van der Waals surface area contributed by atoms with Gasteiger partial charge in [0.05, 0.1) is 13.5 Å². The van der Waals surface area contributed by atoms with Crippen LogP contribution in [0.2, 0.25) is 0 Å². The zero-order valence-corrected chi connectivity index (χ0v) is 16.9. The van der Waals surface area contributed by atoms with Crippen molar-refractivity contribution >= 4 is 27.8 Å². The largest absolute Gasteiger partial charge is 0.467 e. The number of methoxy groups -OCH3 is 2. The Labute approximate surface area is 162 Å². The smallest absolute Gasteiger partial charge is 0.331 e. The number of nitrogens with two attached hydrogens (primary N) is 1. The van der Waals surface area contributed by atoms with Gasteiger partial charge in [-0.25, -0.2) is 4.79 Å². The molecule has 26 heavy (non-hydrogen) atoms. The van der Waals surface area contributed by atoms with E-state index < -0.39 is 5.54 Å². The summed E-state index contributed by atoms with van der Waals surface area (Å²) in [5.41, 5.74) is 6.58. The van der Waals surface area contributed by atoms with Gasteiger partial charge in [-0.05, 0) is 54.9 Å². The highest BCUT2D eigenvalue weighted by molar-refractivity contribution is 9.10. The second kappa shape index (κ2) is 9.48. The second-order valence-electron chi connectivity index (χ2n) is 6.81. The topological polar surface area (TPSA) is 90.6 Å². The highest BCUT2D eigenvalue weighted by Crippen LogP contribution is 2.33. The molecule has 1 aliphatic carbocycles. The van der Waals surface area contributed by atoms with Crippen molar-refractivity contribution in [3.8, 4) is 0 Å². The Hall–Kier alpha value is -1.44. The van der Waals surface area contributed by atoms with Crippen molar-refractivity contribution in [3.63, 3.8) is 0 Å². The van der Waals surface area contributed by atoms with Gasteiger partial charge in [0.1, 0.15) is 5.54 Å². The van der Waals surface area contributed by atoms with Gasteiger partial charge in [0, 0.05) is 24.7 Å². The molecule has 3 N–H and O–H groups in total. The van der Waals surface area contributed by atoms with Gasteiger partial charge in [0.25, 0.3) is 0 Å². The normalized spacial score (nSPS) is 22.7. The molecule has 1 aromatic rings. The van der Waals surface area contributed by atoms with Crippen LogP contribution in [0.15, 0.2) is 22.7 Å². The van der Waals surface area contributed by atoms with E-state index in [1.54, 1.807) is 7.11 Å². The van der Waals surface area contributed by atoms with Crippen LogP contribution in [0.4, 0.5) is 0 Å². The first-order valence-corrected chi connectivity index (χ1v) is 9.59. The molecule has 7 heteroatoms. The molecular weight excluding hydrogens is 400 g/mol. The van der Waals surface area contributed by atoms with Crippen molar-refractivity contribution in [2.45, 2.75) is 44.2 Å². The van der Waals surface area contributed by atoms with Crippen LogP contribution in [0.25, 0.3) is 0 Å². The molecule has 144 valence electrons. The Morgan fingerprint density at radius 2 is 1.96 bits per heavy atom. The summed E-state index contributed by atoms with van der Waals surface area (Å²) < 4.78 is 11.1. The first-order valence-electron chi connectivity index (χ1n) is 8.80. The Bertz CT molecular complexity index is 642. The molecule has 1 saturated carbocycles. The molecule has 1 aromatic carbocycles. The highest BCUT2D eigenvalue weighted by atomic mass is 79.9. The third-order valence-electron chi connectivity index (χ3n) is 5.06. The molecule has 1 fully saturated rings. The third-order valence-corrected chi connectivity index (χ3v) is 5.55. The van der Waals surface area contributed by atoms with Gasteiger partial charge < -0.3 is 20.5 Å². The lowest BCUT2D eigenvalue weighted by molar-refractivity contribution is -0.153. The van der Waals surface area contributed by atoms with Crippen LogP contribution < -0.4 is 11.1 Å². The van der Waals surface area contributed by atoms with Gasteiger partial charge in [-0.3, -0.25) is 4.79 Å². The molecule has 0 unspecified atom stereocenters. The van der Waals surface area contributed by atoms with Crippen LogP contribution in [0, 0.1) is 5.92 Å². The lowest BCUT2D eigenvalue weighted by atomic mass is 9.76. The number of benzene rings is 1. The first-order chi connectivity index (χ1) is 12.4. The number of ether oxygens (including phenoxy) is 2. The molecule has 0 aliphatic heterocycles. The van der Waals surface area contributed by atoms with Crippen LogP contribution in [-0.4, -0.2) is 38.2 Å². The summed E-state index contributed by atoms with van der Waals surface area (Å²) in [6.07, 6.45) is 2.91. The molecule has 0 spiro atoms. The van der Waals surface area contributed by atoms with Gasteiger partial charge in [-0.1, -0.05) is 22.0 Å². The second-order valence-corrected chi connectivity index (χ2v) is 7.73. The van der Waals surface area contributed by atoms with Crippen molar-refractivity contribution in [3.05, 3.63) is 33.8 Å². The summed E-state index contributed by atoms with van der Waals surface area (Å²) >= 11 is 3.42. The van der Waals surface area contributed by atoms with E-state index >= 15 is 0 Å². The lowest BCUT2D eigenvalue weighted by Gasteiger charge is -2.38. The maximum absolute atomic E-state index is 12.7. The number of amides is 1. The summed E-state index contributed by atoms with van der Waals surface area (Å²) in [5, 5.41) is 2.95. The van der Waals surface area contributed by atoms with Gasteiger partial charge in [0.15, 0.2) is 0 Å². The lowest BCUT2D eigenvalue weighted by Crippen LogP contribution is -2.57. The number of halogens is 1. The SMILES string of the molecule is COCC1CCC(NC(=O)Cc2cc(Br)ccc2CN)(C(=O)OC)CC1. The zero-order valence-electron chi connectivity index (χ0n) is 15.3. The Morgan fingerprint density at radius 1 is 1.27 bits per heavy atom. The molecule has 0 atom stereocenters. The molecule has 0 radical (unpaired) electrons. The molecule has 0 aromatic heterocycles. The summed E-state index contributed by atoms with van der Waals surface area (Å²) in [6, 6.07) is 5.69. The molecule has 0 saturated heterocycles. The molecule has 0 bridgehead atoms. The quantitative estimate of drug-likeness (QED) is 0.652. The summed E-state index contributed by atoms with van der Waals surface area (Å²) in [4.78, 5) is 25.1. The van der Waals surface area contributed by atoms with Crippen molar-refractivity contribution in [2.24, 2.45) is 11.7 Å². The van der Waals surface area contributed by atoms with E-state index in [1.807, 2.05) is 18.2 Å². The maximum atomic E-state index is 12.7. The predicted octanol–water partition coefficient (Wildman–Crippen LogP) is 2.31. The predicted molar refractivity (Wildman–Crippen MR) is 102 cm³/mol. The molecular formula is C19H27BrN2O4. The first kappa shape index (κ1) is 20.9. The van der Waals surface area contributed by atoms with Crippen molar-refractivity contribution in [1.29, 1.82) is 0 Å². The van der Waals surface area contributed by atoms with Crippen molar-refractivity contribution in [1.82, 2.24) is 5.32 Å². The van der Waals surface area contributed by atoms with E-state index in [0.29, 0.717) is 31.9 Å². The highest BCUT2D eigenvalue weighted by Gasteiger charge is 2.44. The minimum atomic E-state index is -0.953. The fourth-order valence-corrected chi connectivity index (χ4v) is 4.00. The van der Waals surface area contributed by atoms with E-state index in [-0.39, 0.29) is 18.3 Å². The number of esters is 1. The van der Waals surface area contributed by atoms with Gasteiger partial charge in [-0.2, -0.15) is 0 Å². The minimum Gasteiger partial charge on any atom is -0.467 e. The van der Waals surface area contributed by atoms with Crippen LogP contribution in [-0.2, 0) is 32.0 Å². The fraction of sp³-hybridized carbons (Fsp3) is 0.579. The monoisotopic (exact) mass is 426 g/mol. The van der Waals surface area contributed by atoms with Crippen LogP contribution in [0.5, 0.6) is 0 Å². The van der Waals surface area contributed by atoms with Crippen LogP contribution in [0.3, 0.4) is 0 Å². The van der Waals surface area contributed by atoms with Crippen molar-refractivity contribution < 1.29 is 19.1 Å². The maximum Gasteiger partial charge on any atom is 0.331 e. The summed E-state index contributed by atoms with van der Waals surface area (Å²) in [6.45, 7) is 1.03. The van der Waals surface area contributed by atoms with Gasteiger partial charge in [-0.15, -0.1) is 0 Å². The van der Waals surface area contributed by atoms with E-state index in [1.165, 1.54) is 7.11 Å². The Balaban J connectivity index is 2.10. The molecule has 1 aliphatic rings. The van der Waals surface area contributed by atoms with E-state index in [2.05, 4.69) is 21.2 Å². The number of hydrogen-bond acceptors (Lipinski definition) is 5. The summed E-state index contributed by atoms with van der Waals surface area (Å²) in [5.74, 6) is -0.174. The molecule has 1 amide bonds. The molecule has 0 heterocycles. The number of nitrogens with one attached hydrogen (secondary N) is 1. The Kier molecular flexibility index (Phi) is 7.61. The van der Waals surface area contributed by atoms with Gasteiger partial charge >= 0.3 is 5.97 Å². The van der Waals surface area contributed by atoms with Crippen LogP contribution >= 0.6 is 15.9 Å². The standard InChI is InChI=1S/C19H27BrN2O4/c1-25-12-13-5-7-19(8-6-13,18(24)26-2)22-17(23)10-15-9-16(20)4-3-14(15)11-21/h3-4,9,13H,5-8,10-12,21H2,1-2H3,(H,22,23). The van der Waals surface area contributed by atoms with E-state index in [4.69, 9.17) is 15.2 Å². The van der Waals surface area contributed by atoms with Crippen molar-refractivity contribution in [2.75, 3.05) is 20.8 Å². The molecule has 2 rings (SSSR count). The van der Waals surface area contributed by atoms with E-state index in [9.17, 15) is 9.59 Å². The van der Waals surface area contributed by atoms with Crippen LogP contribution in [0.1, 0.15) is 36.8 Å². The molecule has 6 nitrogen and oxygen atoms in total. The fourth-order valence-electron chi connectivity index (χ4n) is 3.59. The average Bonchev–Trinajstić information content (AvgIpc) is 2.63. The number of hydrogen-bond donors (Lipinski definition) is 2. The average molecular weight is 427 g/mol. The third kappa shape index (κ3) is 5.05. The summed E-state index contributed by atoms with van der Waals surface area (Å²) in [7, 11) is 3.04. The zero-order chi connectivity index (χ0) is 19.2. The number of rotatable bonds is 7. The number of carbonyl (C=O) groups is 2. The minimum absolute atomic E-state index is 0.173. The Morgan fingerprint density at radius 3 is 2.54 bits per heavy atom. The van der Waals surface area contributed by atoms with Gasteiger partial charge in [0.2, 0.25) is 5.91 Å². The number of carbonyl (C=O) groups excluding carboxylic acids is 2.